The first-order valence-electron chi connectivity index (χ1n) is 8.50. The molecule has 0 saturated carbocycles. The fourth-order valence-electron chi connectivity index (χ4n) is 1.99. The van der Waals surface area contributed by atoms with E-state index in [0.29, 0.717) is 31.0 Å². The summed E-state index contributed by atoms with van der Waals surface area (Å²) >= 11 is 0. The van der Waals surface area contributed by atoms with E-state index in [1.807, 2.05) is 6.92 Å². The van der Waals surface area contributed by atoms with Crippen LogP contribution in [0, 0.1) is 0 Å². The van der Waals surface area contributed by atoms with E-state index in [1.54, 1.807) is 13.0 Å². The summed E-state index contributed by atoms with van der Waals surface area (Å²) in [4.78, 5) is 4.25. The minimum Gasteiger partial charge on any atom is -0.405 e. The van der Waals surface area contributed by atoms with Gasteiger partial charge in [0.05, 0.1) is 12.3 Å². The van der Waals surface area contributed by atoms with Gasteiger partial charge in [-0.05, 0) is 26.3 Å². The molecule has 0 aliphatic heterocycles. The minimum atomic E-state index is -4.77. The third-order valence-corrected chi connectivity index (χ3v) is 4.70. The predicted molar refractivity (Wildman–Crippen MR) is 98.0 cm³/mol. The van der Waals surface area contributed by atoms with Crippen molar-refractivity contribution in [2.45, 2.75) is 33.2 Å². The van der Waals surface area contributed by atoms with Crippen molar-refractivity contribution in [2.75, 3.05) is 25.4 Å². The summed E-state index contributed by atoms with van der Waals surface area (Å²) in [7, 11) is -3.23. The molecule has 0 heterocycles. The fourth-order valence-corrected chi connectivity index (χ4v) is 2.65. The van der Waals surface area contributed by atoms with Gasteiger partial charge in [0, 0.05) is 25.2 Å². The molecule has 0 radical (unpaired) electrons. The zero-order valence-corrected chi connectivity index (χ0v) is 16.1. The number of nitrogens with zero attached hydrogens (tertiary/aromatic N) is 1. The number of aliphatic imine (C=N–C) groups is 1. The second kappa shape index (κ2) is 11.0. The molecule has 0 unspecified atom stereocenters. The van der Waals surface area contributed by atoms with Crippen molar-refractivity contribution < 1.29 is 26.3 Å². The number of sulfonamides is 1. The third kappa shape index (κ3) is 10.0. The van der Waals surface area contributed by atoms with Crippen LogP contribution in [0.3, 0.4) is 0 Å². The smallest absolute Gasteiger partial charge is 0.405 e. The molecule has 3 N–H and O–H groups in total. The maximum Gasteiger partial charge on any atom is 0.573 e. The van der Waals surface area contributed by atoms with Gasteiger partial charge in [-0.3, -0.25) is 0 Å². The van der Waals surface area contributed by atoms with E-state index < -0.39 is 16.4 Å². The van der Waals surface area contributed by atoms with Crippen molar-refractivity contribution >= 4 is 16.0 Å². The highest BCUT2D eigenvalue weighted by atomic mass is 32.2. The first kappa shape index (κ1) is 23.0. The normalized spacial score (nSPS) is 12.7. The van der Waals surface area contributed by atoms with Crippen molar-refractivity contribution in [1.82, 2.24) is 15.4 Å². The van der Waals surface area contributed by atoms with E-state index in [2.05, 4.69) is 25.1 Å². The highest BCUT2D eigenvalue weighted by Crippen LogP contribution is 2.26. The van der Waals surface area contributed by atoms with Crippen molar-refractivity contribution in [3.63, 3.8) is 0 Å². The van der Waals surface area contributed by atoms with E-state index in [4.69, 9.17) is 0 Å². The average Bonchev–Trinajstić information content (AvgIpc) is 2.59. The molecule has 0 spiro atoms. The first-order chi connectivity index (χ1) is 12.7. The zero-order chi connectivity index (χ0) is 20.3. The lowest BCUT2D eigenvalue weighted by Gasteiger charge is -2.14. The Labute approximate surface area is 157 Å². The van der Waals surface area contributed by atoms with Gasteiger partial charge in [0.25, 0.3) is 0 Å². The fraction of sp³-hybridized carbons (Fsp3) is 0.562. The van der Waals surface area contributed by atoms with Crippen LogP contribution in [0.15, 0.2) is 29.3 Å². The number of hydrogen-bond acceptors (Lipinski definition) is 4. The molecule has 0 saturated heterocycles. The van der Waals surface area contributed by atoms with Gasteiger partial charge in [0.1, 0.15) is 5.75 Å². The van der Waals surface area contributed by atoms with Crippen molar-refractivity contribution in [3.05, 3.63) is 29.8 Å². The number of benzene rings is 1. The van der Waals surface area contributed by atoms with E-state index in [-0.39, 0.29) is 24.6 Å². The molecular formula is C16H25F3N4O3S. The number of ether oxygens (including phenoxy) is 1. The maximum absolute atomic E-state index is 12.5. The summed E-state index contributed by atoms with van der Waals surface area (Å²) in [5, 5.41) is 5.98. The number of halogens is 3. The van der Waals surface area contributed by atoms with E-state index in [0.717, 1.165) is 0 Å². The van der Waals surface area contributed by atoms with Crippen LogP contribution < -0.4 is 20.1 Å². The second-order valence-electron chi connectivity index (χ2n) is 5.43. The highest BCUT2D eigenvalue weighted by Gasteiger charge is 2.31. The Hall–Kier alpha value is -2.01. The number of rotatable bonds is 10. The molecule has 0 fully saturated rings. The summed E-state index contributed by atoms with van der Waals surface area (Å²) < 4.78 is 66.5. The predicted octanol–water partition coefficient (Wildman–Crippen LogP) is 1.97. The van der Waals surface area contributed by atoms with Gasteiger partial charge < -0.3 is 15.4 Å². The Morgan fingerprint density at radius 2 is 1.85 bits per heavy atom. The van der Waals surface area contributed by atoms with Crippen LogP contribution in [0.5, 0.6) is 5.75 Å². The standard InChI is InChI=1S/C16H25F3N4O3S/c1-3-20-15(21-10-7-11-23-27(24,25)4-2)22-12-13-8-5-6-9-14(13)26-16(17,18)19/h5-6,8-9,23H,3-4,7,10-12H2,1-2H3,(H2,20,21,22). The van der Waals surface area contributed by atoms with Gasteiger partial charge in [-0.1, -0.05) is 18.2 Å². The summed E-state index contributed by atoms with van der Waals surface area (Å²) in [6.07, 6.45) is -4.24. The molecule has 7 nitrogen and oxygen atoms in total. The van der Waals surface area contributed by atoms with Crippen LogP contribution in [-0.4, -0.2) is 46.1 Å². The molecule has 1 aromatic carbocycles. The molecule has 1 aromatic rings. The molecule has 0 aliphatic rings. The van der Waals surface area contributed by atoms with Crippen molar-refractivity contribution in [2.24, 2.45) is 4.99 Å². The molecule has 0 aliphatic carbocycles. The number of para-hydroxylation sites is 1. The van der Waals surface area contributed by atoms with Crippen LogP contribution in [0.4, 0.5) is 13.2 Å². The molecule has 0 bridgehead atoms. The van der Waals surface area contributed by atoms with Crippen LogP contribution >= 0.6 is 0 Å². The lowest BCUT2D eigenvalue weighted by molar-refractivity contribution is -0.274. The number of hydrogen-bond donors (Lipinski definition) is 3. The summed E-state index contributed by atoms with van der Waals surface area (Å²) in [6.45, 7) is 4.69. The van der Waals surface area contributed by atoms with Crippen LogP contribution in [-0.2, 0) is 16.6 Å². The topological polar surface area (TPSA) is 91.8 Å². The molecule has 27 heavy (non-hydrogen) atoms. The first-order valence-corrected chi connectivity index (χ1v) is 10.1. The molecular weight excluding hydrogens is 385 g/mol. The largest absolute Gasteiger partial charge is 0.573 e. The minimum absolute atomic E-state index is 0.00987. The Bertz CT molecular complexity index is 709. The average molecular weight is 410 g/mol. The number of nitrogens with one attached hydrogen (secondary N) is 3. The molecule has 0 amide bonds. The Balaban J connectivity index is 2.61. The Morgan fingerprint density at radius 1 is 1.15 bits per heavy atom. The second-order valence-corrected chi connectivity index (χ2v) is 7.52. The van der Waals surface area contributed by atoms with Crippen LogP contribution in [0.2, 0.25) is 0 Å². The molecule has 1 rings (SSSR count). The summed E-state index contributed by atoms with van der Waals surface area (Å²) in [5.74, 6) is 0.139. The lowest BCUT2D eigenvalue weighted by atomic mass is 10.2. The quantitative estimate of drug-likeness (QED) is 0.312. The molecule has 11 heteroatoms. The van der Waals surface area contributed by atoms with Crippen LogP contribution in [0.1, 0.15) is 25.8 Å². The van der Waals surface area contributed by atoms with Gasteiger partial charge in [0.2, 0.25) is 10.0 Å². The Kier molecular flexibility index (Phi) is 9.36. The van der Waals surface area contributed by atoms with Crippen LogP contribution in [0.25, 0.3) is 0 Å². The summed E-state index contributed by atoms with van der Waals surface area (Å²) in [6, 6.07) is 5.80. The monoisotopic (exact) mass is 410 g/mol. The molecule has 154 valence electrons. The SMILES string of the molecule is CCNC(=NCc1ccccc1OC(F)(F)F)NCCCNS(=O)(=O)CC. The lowest BCUT2D eigenvalue weighted by Crippen LogP contribution is -2.38. The van der Waals surface area contributed by atoms with Gasteiger partial charge >= 0.3 is 6.36 Å². The van der Waals surface area contributed by atoms with Gasteiger partial charge in [0.15, 0.2) is 5.96 Å². The van der Waals surface area contributed by atoms with E-state index >= 15 is 0 Å². The highest BCUT2D eigenvalue weighted by molar-refractivity contribution is 7.89. The van der Waals surface area contributed by atoms with Crippen molar-refractivity contribution in [1.29, 1.82) is 0 Å². The van der Waals surface area contributed by atoms with Gasteiger partial charge in [-0.2, -0.15) is 0 Å². The van der Waals surface area contributed by atoms with Crippen molar-refractivity contribution in [3.8, 4) is 5.75 Å². The molecule has 0 aromatic heterocycles. The van der Waals surface area contributed by atoms with Gasteiger partial charge in [-0.25, -0.2) is 18.1 Å². The van der Waals surface area contributed by atoms with E-state index in [9.17, 15) is 21.6 Å². The molecule has 0 atom stereocenters. The number of alkyl halides is 3. The number of guanidine groups is 1. The summed E-state index contributed by atoms with van der Waals surface area (Å²) in [5.41, 5.74) is 0.294. The van der Waals surface area contributed by atoms with E-state index in [1.165, 1.54) is 18.2 Å². The van der Waals surface area contributed by atoms with Gasteiger partial charge in [-0.15, -0.1) is 13.2 Å². The Morgan fingerprint density at radius 3 is 2.48 bits per heavy atom. The zero-order valence-electron chi connectivity index (χ0n) is 15.3. The maximum atomic E-state index is 12.5. The third-order valence-electron chi connectivity index (χ3n) is 3.30.